The van der Waals surface area contributed by atoms with Gasteiger partial charge < -0.3 is 4.74 Å². The third-order valence-corrected chi connectivity index (χ3v) is 2.98. The van der Waals surface area contributed by atoms with E-state index in [2.05, 4.69) is 12.6 Å². The fourth-order valence-electron chi connectivity index (χ4n) is 1.48. The van der Waals surface area contributed by atoms with E-state index in [0.29, 0.717) is 9.92 Å². The van der Waals surface area contributed by atoms with Crippen LogP contribution in [0.15, 0.2) is 47.4 Å². The van der Waals surface area contributed by atoms with E-state index in [9.17, 15) is 9.18 Å². The smallest absolute Gasteiger partial charge is 0.341 e. The molecule has 0 aliphatic rings. The number of thiol groups is 1. The van der Waals surface area contributed by atoms with Crippen LogP contribution in [-0.2, 0) is 11.3 Å². The lowest BCUT2D eigenvalue weighted by atomic mass is 10.2. The van der Waals surface area contributed by atoms with Crippen molar-refractivity contribution in [1.29, 1.82) is 0 Å². The molecule has 0 atom stereocenters. The molecule has 0 aromatic heterocycles. The molecule has 0 N–H and O–H groups in total. The maximum atomic E-state index is 13.4. The maximum Gasteiger partial charge on any atom is 0.341 e. The van der Waals surface area contributed by atoms with Crippen LogP contribution >= 0.6 is 24.2 Å². The molecular formula is C14H10ClFO2S. The molecular weight excluding hydrogens is 287 g/mol. The van der Waals surface area contributed by atoms with Gasteiger partial charge in [0.05, 0.1) is 5.56 Å². The van der Waals surface area contributed by atoms with E-state index < -0.39 is 11.8 Å². The number of hydrogen-bond acceptors (Lipinski definition) is 3. The van der Waals surface area contributed by atoms with Gasteiger partial charge in [-0.05, 0) is 35.9 Å². The Morgan fingerprint density at radius 3 is 2.58 bits per heavy atom. The second kappa shape index (κ2) is 6.08. The molecule has 0 radical (unpaired) electrons. The standard InChI is InChI=1S/C14H10ClFO2S/c15-10-3-1-9(2-4-10)8-18-14(17)12-7-11(19)5-6-13(12)16/h1-7,19H,8H2. The van der Waals surface area contributed by atoms with E-state index in [4.69, 9.17) is 16.3 Å². The van der Waals surface area contributed by atoms with Crippen molar-refractivity contribution in [2.75, 3.05) is 0 Å². The topological polar surface area (TPSA) is 26.3 Å². The van der Waals surface area contributed by atoms with Crippen molar-refractivity contribution in [2.24, 2.45) is 0 Å². The summed E-state index contributed by atoms with van der Waals surface area (Å²) in [6.45, 7) is 0.0617. The molecule has 2 rings (SSSR count). The highest BCUT2D eigenvalue weighted by Gasteiger charge is 2.13. The van der Waals surface area contributed by atoms with Crippen LogP contribution in [0.1, 0.15) is 15.9 Å². The van der Waals surface area contributed by atoms with E-state index in [1.54, 1.807) is 24.3 Å². The summed E-state index contributed by atoms with van der Waals surface area (Å²) in [7, 11) is 0. The van der Waals surface area contributed by atoms with Gasteiger partial charge in [-0.3, -0.25) is 0 Å². The predicted octanol–water partition coefficient (Wildman–Crippen LogP) is 4.12. The number of rotatable bonds is 3. The maximum absolute atomic E-state index is 13.4. The monoisotopic (exact) mass is 296 g/mol. The van der Waals surface area contributed by atoms with Crippen molar-refractivity contribution in [2.45, 2.75) is 11.5 Å². The van der Waals surface area contributed by atoms with Crippen LogP contribution in [0.25, 0.3) is 0 Å². The fourth-order valence-corrected chi connectivity index (χ4v) is 1.81. The van der Waals surface area contributed by atoms with Crippen LogP contribution in [-0.4, -0.2) is 5.97 Å². The summed E-state index contributed by atoms with van der Waals surface area (Å²) in [4.78, 5) is 12.2. The minimum atomic E-state index is -0.719. The highest BCUT2D eigenvalue weighted by atomic mass is 35.5. The van der Waals surface area contributed by atoms with Crippen LogP contribution in [0.3, 0.4) is 0 Å². The van der Waals surface area contributed by atoms with Crippen molar-refractivity contribution in [3.05, 3.63) is 64.4 Å². The Morgan fingerprint density at radius 1 is 1.21 bits per heavy atom. The lowest BCUT2D eigenvalue weighted by molar-refractivity contribution is 0.0467. The lowest BCUT2D eigenvalue weighted by Crippen LogP contribution is -2.07. The van der Waals surface area contributed by atoms with Crippen LogP contribution in [0.4, 0.5) is 4.39 Å². The van der Waals surface area contributed by atoms with Gasteiger partial charge in [-0.25, -0.2) is 9.18 Å². The molecule has 2 nitrogen and oxygen atoms in total. The van der Waals surface area contributed by atoms with Gasteiger partial charge in [0.2, 0.25) is 0 Å². The van der Waals surface area contributed by atoms with Crippen LogP contribution in [0.5, 0.6) is 0 Å². The average molecular weight is 297 g/mol. The third kappa shape index (κ3) is 3.72. The number of hydrogen-bond donors (Lipinski definition) is 1. The van der Waals surface area contributed by atoms with Crippen molar-refractivity contribution < 1.29 is 13.9 Å². The summed E-state index contributed by atoms with van der Waals surface area (Å²) in [6, 6.07) is 10.8. The van der Waals surface area contributed by atoms with Crippen LogP contribution < -0.4 is 0 Å². The molecule has 0 unspecified atom stereocenters. The molecule has 0 bridgehead atoms. The van der Waals surface area contributed by atoms with Gasteiger partial charge in [-0.1, -0.05) is 23.7 Å². The SMILES string of the molecule is O=C(OCc1ccc(Cl)cc1)c1cc(S)ccc1F. The minimum absolute atomic E-state index is 0.0617. The first-order valence-corrected chi connectivity index (χ1v) is 6.29. The van der Waals surface area contributed by atoms with E-state index in [1.807, 2.05) is 0 Å². The number of ether oxygens (including phenoxy) is 1. The molecule has 5 heteroatoms. The van der Waals surface area contributed by atoms with Gasteiger partial charge in [-0.2, -0.15) is 0 Å². The number of benzene rings is 2. The summed E-state index contributed by atoms with van der Waals surface area (Å²) in [5, 5.41) is 0.601. The molecule has 0 amide bonds. The fraction of sp³-hybridized carbons (Fsp3) is 0.0714. The number of halogens is 2. The van der Waals surface area contributed by atoms with Crippen molar-refractivity contribution >= 4 is 30.2 Å². The Hall–Kier alpha value is -1.52. The Bertz CT molecular complexity index is 599. The van der Waals surface area contributed by atoms with Crippen LogP contribution in [0.2, 0.25) is 5.02 Å². The second-order valence-corrected chi connectivity index (χ2v) is 4.82. The Labute approximate surface area is 120 Å². The van der Waals surface area contributed by atoms with Crippen LogP contribution in [0, 0.1) is 5.82 Å². The van der Waals surface area contributed by atoms with Gasteiger partial charge in [0.25, 0.3) is 0 Å². The summed E-state index contributed by atoms with van der Waals surface area (Å²) in [6.07, 6.45) is 0. The Kier molecular flexibility index (Phi) is 4.45. The van der Waals surface area contributed by atoms with E-state index in [1.165, 1.54) is 18.2 Å². The van der Waals surface area contributed by atoms with Crippen molar-refractivity contribution in [3.8, 4) is 0 Å². The molecule has 98 valence electrons. The second-order valence-electron chi connectivity index (χ2n) is 3.87. The predicted molar refractivity (Wildman–Crippen MR) is 74.2 cm³/mol. The minimum Gasteiger partial charge on any atom is -0.457 e. The molecule has 0 fully saturated rings. The van der Waals surface area contributed by atoms with Gasteiger partial charge in [0, 0.05) is 9.92 Å². The zero-order valence-corrected chi connectivity index (χ0v) is 11.4. The lowest BCUT2D eigenvalue weighted by Gasteiger charge is -2.06. The highest BCUT2D eigenvalue weighted by Crippen LogP contribution is 2.16. The van der Waals surface area contributed by atoms with E-state index in [-0.39, 0.29) is 12.2 Å². The normalized spacial score (nSPS) is 10.3. The van der Waals surface area contributed by atoms with E-state index in [0.717, 1.165) is 5.56 Å². The largest absolute Gasteiger partial charge is 0.457 e. The first-order chi connectivity index (χ1) is 9.06. The summed E-state index contributed by atoms with van der Waals surface area (Å²) < 4.78 is 18.5. The van der Waals surface area contributed by atoms with Crippen molar-refractivity contribution in [3.63, 3.8) is 0 Å². The Morgan fingerprint density at radius 2 is 1.89 bits per heavy atom. The summed E-state index contributed by atoms with van der Waals surface area (Å²) in [5.74, 6) is -1.35. The average Bonchev–Trinajstić information content (AvgIpc) is 2.40. The third-order valence-electron chi connectivity index (χ3n) is 2.45. The molecule has 2 aromatic rings. The van der Waals surface area contributed by atoms with Gasteiger partial charge in [-0.15, -0.1) is 12.6 Å². The molecule has 0 saturated heterocycles. The van der Waals surface area contributed by atoms with Gasteiger partial charge in [0.1, 0.15) is 12.4 Å². The first kappa shape index (κ1) is 13.9. The molecule has 2 aromatic carbocycles. The summed E-state index contributed by atoms with van der Waals surface area (Å²) >= 11 is 9.80. The molecule has 0 aliphatic heterocycles. The molecule has 0 spiro atoms. The molecule has 19 heavy (non-hydrogen) atoms. The van der Waals surface area contributed by atoms with Gasteiger partial charge >= 0.3 is 5.97 Å². The quantitative estimate of drug-likeness (QED) is 0.681. The number of esters is 1. The Balaban J connectivity index is 2.05. The number of carbonyl (C=O) groups excluding carboxylic acids is 1. The zero-order chi connectivity index (χ0) is 13.8. The number of carbonyl (C=O) groups is 1. The molecule has 0 aliphatic carbocycles. The zero-order valence-electron chi connectivity index (χ0n) is 9.77. The summed E-state index contributed by atoms with van der Waals surface area (Å²) in [5.41, 5.74) is 0.654. The van der Waals surface area contributed by atoms with Gasteiger partial charge in [0.15, 0.2) is 0 Å². The van der Waals surface area contributed by atoms with Crippen molar-refractivity contribution in [1.82, 2.24) is 0 Å². The molecule has 0 saturated carbocycles. The molecule has 0 heterocycles. The first-order valence-electron chi connectivity index (χ1n) is 5.46. The highest BCUT2D eigenvalue weighted by molar-refractivity contribution is 7.80. The van der Waals surface area contributed by atoms with E-state index >= 15 is 0 Å².